The summed E-state index contributed by atoms with van der Waals surface area (Å²) in [5, 5.41) is 14.9. The maximum atomic E-state index is 13.2. The first-order valence-corrected chi connectivity index (χ1v) is 14.3. The van der Waals surface area contributed by atoms with E-state index in [0.717, 1.165) is 10.0 Å². The van der Waals surface area contributed by atoms with E-state index in [4.69, 9.17) is 22.9 Å². The van der Waals surface area contributed by atoms with E-state index in [9.17, 15) is 19.5 Å². The third-order valence-corrected chi connectivity index (χ3v) is 6.81. The summed E-state index contributed by atoms with van der Waals surface area (Å²) in [6.45, 7) is 2.83. The Kier molecular flexibility index (Phi) is 14.1. The quantitative estimate of drug-likeness (QED) is 0.0749. The largest absolute Gasteiger partial charge is 0.508 e. The molecule has 14 heteroatoms. The smallest absolute Gasteiger partial charge is 0.245 e. The van der Waals surface area contributed by atoms with E-state index < -0.39 is 23.9 Å². The maximum Gasteiger partial charge on any atom is 0.245 e. The lowest BCUT2D eigenvalue weighted by atomic mass is 10.0. The third kappa shape index (κ3) is 12.5. The third-order valence-electron chi connectivity index (χ3n) is 6.28. The van der Waals surface area contributed by atoms with Crippen molar-refractivity contribution >= 4 is 45.6 Å². The molecule has 0 saturated heterocycles. The van der Waals surface area contributed by atoms with Gasteiger partial charge in [0.1, 0.15) is 17.8 Å². The molecule has 0 fully saturated rings. The van der Waals surface area contributed by atoms with Gasteiger partial charge >= 0.3 is 0 Å². The number of rotatable bonds is 16. The van der Waals surface area contributed by atoms with Crippen molar-refractivity contribution in [2.45, 2.75) is 44.7 Å². The second-order valence-electron chi connectivity index (χ2n) is 9.52. The van der Waals surface area contributed by atoms with Crippen LogP contribution in [0.1, 0.15) is 30.9 Å². The van der Waals surface area contributed by atoms with Crippen LogP contribution in [0.2, 0.25) is 0 Å². The van der Waals surface area contributed by atoms with Crippen LogP contribution in [0.25, 0.3) is 0 Å². The van der Waals surface area contributed by atoms with Crippen LogP contribution in [-0.2, 0) is 27.2 Å². The standard InChI is InChI=1S/C28H40BrN9O4/c1-2-38(15-13-18-5-9-20(29)10-6-18)24(40)17-35-25(41)22(4-3-14-34-27(30)31)36-26(42)23(37-28(32)33)16-19-7-11-21(39)12-8-19/h5-12,22-23,39H,2-4,13-17H2,1H3,(H,35,41)(H,36,42)(H4,30,31,34)(H4,32,33,37)/t22-,23+/m1/s1. The van der Waals surface area contributed by atoms with E-state index in [-0.39, 0.29) is 49.5 Å². The summed E-state index contributed by atoms with van der Waals surface area (Å²) >= 11 is 3.41. The number of carbonyl (C=O) groups is 3. The predicted molar refractivity (Wildman–Crippen MR) is 166 cm³/mol. The Balaban J connectivity index is 2.07. The van der Waals surface area contributed by atoms with Crippen LogP contribution in [0.15, 0.2) is 63.0 Å². The molecule has 0 saturated carbocycles. The average molecular weight is 647 g/mol. The number of nitrogens with one attached hydrogen (secondary N) is 2. The molecule has 0 aromatic heterocycles. The van der Waals surface area contributed by atoms with Crippen molar-refractivity contribution < 1.29 is 19.5 Å². The van der Waals surface area contributed by atoms with Gasteiger partial charge in [-0.05, 0) is 61.6 Å². The van der Waals surface area contributed by atoms with Gasteiger partial charge in [0.25, 0.3) is 0 Å². The van der Waals surface area contributed by atoms with Crippen molar-refractivity contribution in [2.75, 3.05) is 26.2 Å². The minimum atomic E-state index is -1.04. The van der Waals surface area contributed by atoms with Crippen LogP contribution in [0.4, 0.5) is 0 Å². The number of phenolic OH excluding ortho intramolecular Hbond substituents is 1. The number of likely N-dealkylation sites (N-methyl/N-ethyl adjacent to an activating group) is 1. The molecule has 0 aliphatic heterocycles. The maximum absolute atomic E-state index is 13.2. The zero-order chi connectivity index (χ0) is 31.1. The number of hydrogen-bond donors (Lipinski definition) is 7. The Morgan fingerprint density at radius 1 is 0.952 bits per heavy atom. The number of hydrogen-bond acceptors (Lipinski definition) is 6. The number of aromatic hydroxyl groups is 1. The predicted octanol–water partition coefficient (Wildman–Crippen LogP) is 0.0850. The molecule has 0 aliphatic rings. The van der Waals surface area contributed by atoms with Gasteiger partial charge < -0.3 is 43.6 Å². The Bertz CT molecular complexity index is 1230. The SMILES string of the molecule is CCN(CCc1ccc(Br)cc1)C(=O)CNC(=O)[C@@H](CCCN=C(N)N)NC(=O)[C@H](Cc1ccc(O)cc1)N=C(N)N. The lowest BCUT2D eigenvalue weighted by Gasteiger charge is -2.23. The van der Waals surface area contributed by atoms with Gasteiger partial charge in [0.2, 0.25) is 17.7 Å². The van der Waals surface area contributed by atoms with Crippen LogP contribution in [-0.4, -0.2) is 77.9 Å². The number of nitrogens with zero attached hydrogens (tertiary/aromatic N) is 3. The number of aliphatic imine (C=N–C) groups is 2. The first-order valence-electron chi connectivity index (χ1n) is 13.5. The van der Waals surface area contributed by atoms with E-state index in [1.807, 2.05) is 31.2 Å². The number of amides is 3. The zero-order valence-corrected chi connectivity index (χ0v) is 25.2. The fraction of sp³-hybridized carbons (Fsp3) is 0.393. The molecule has 0 spiro atoms. The lowest BCUT2D eigenvalue weighted by molar-refractivity contribution is -0.134. The van der Waals surface area contributed by atoms with Crippen molar-refractivity contribution in [2.24, 2.45) is 32.9 Å². The molecule has 0 bridgehead atoms. The Morgan fingerprint density at radius 3 is 2.19 bits per heavy atom. The van der Waals surface area contributed by atoms with Gasteiger partial charge in [-0.25, -0.2) is 4.99 Å². The molecule has 0 aliphatic carbocycles. The zero-order valence-electron chi connectivity index (χ0n) is 23.6. The number of benzene rings is 2. The molecule has 3 amide bonds. The topological polar surface area (TPSA) is 228 Å². The Morgan fingerprint density at radius 2 is 1.60 bits per heavy atom. The number of halogens is 1. The molecule has 228 valence electrons. The first kappa shape index (κ1) is 33.9. The summed E-state index contributed by atoms with van der Waals surface area (Å²) in [7, 11) is 0. The van der Waals surface area contributed by atoms with Crippen molar-refractivity contribution in [3.8, 4) is 5.75 Å². The van der Waals surface area contributed by atoms with E-state index in [0.29, 0.717) is 31.5 Å². The number of nitrogens with two attached hydrogens (primary N) is 4. The Labute approximate surface area is 253 Å². The summed E-state index contributed by atoms with van der Waals surface area (Å²) < 4.78 is 0.974. The minimum absolute atomic E-state index is 0.0728. The average Bonchev–Trinajstić information content (AvgIpc) is 2.94. The molecule has 2 rings (SSSR count). The van der Waals surface area contributed by atoms with Crippen LogP contribution >= 0.6 is 15.9 Å². The van der Waals surface area contributed by atoms with Gasteiger partial charge in [-0.2, -0.15) is 0 Å². The number of guanidine groups is 2. The summed E-state index contributed by atoms with van der Waals surface area (Å²) in [5.41, 5.74) is 23.7. The van der Waals surface area contributed by atoms with Gasteiger partial charge in [-0.15, -0.1) is 0 Å². The molecule has 13 nitrogen and oxygen atoms in total. The summed E-state index contributed by atoms with van der Waals surface area (Å²) in [6.07, 6.45) is 1.35. The van der Waals surface area contributed by atoms with E-state index in [1.54, 1.807) is 17.0 Å². The molecule has 2 aromatic carbocycles. The van der Waals surface area contributed by atoms with Crippen LogP contribution in [0, 0.1) is 0 Å². The molecule has 0 unspecified atom stereocenters. The van der Waals surface area contributed by atoms with Gasteiger partial charge in [0, 0.05) is 30.5 Å². The van der Waals surface area contributed by atoms with Gasteiger partial charge in [-0.3, -0.25) is 19.4 Å². The highest BCUT2D eigenvalue weighted by molar-refractivity contribution is 9.10. The molecule has 11 N–H and O–H groups in total. The van der Waals surface area contributed by atoms with Crippen molar-refractivity contribution in [3.63, 3.8) is 0 Å². The molecular weight excluding hydrogens is 606 g/mol. The van der Waals surface area contributed by atoms with Gasteiger partial charge in [0.15, 0.2) is 11.9 Å². The highest BCUT2D eigenvalue weighted by atomic mass is 79.9. The van der Waals surface area contributed by atoms with Crippen molar-refractivity contribution in [1.29, 1.82) is 0 Å². The molecule has 42 heavy (non-hydrogen) atoms. The fourth-order valence-corrected chi connectivity index (χ4v) is 4.31. The summed E-state index contributed by atoms with van der Waals surface area (Å²) in [6, 6.07) is 12.0. The lowest BCUT2D eigenvalue weighted by Crippen LogP contribution is -2.52. The van der Waals surface area contributed by atoms with Crippen molar-refractivity contribution in [3.05, 3.63) is 64.1 Å². The number of phenols is 1. The van der Waals surface area contributed by atoms with Crippen LogP contribution in [0.5, 0.6) is 5.75 Å². The van der Waals surface area contributed by atoms with Crippen LogP contribution < -0.4 is 33.6 Å². The highest BCUT2D eigenvalue weighted by Crippen LogP contribution is 2.14. The fourth-order valence-electron chi connectivity index (χ4n) is 4.04. The molecule has 0 radical (unpaired) electrons. The minimum Gasteiger partial charge on any atom is -0.508 e. The Hall–Kier alpha value is -4.33. The van der Waals surface area contributed by atoms with Gasteiger partial charge in [0.05, 0.1) is 6.54 Å². The van der Waals surface area contributed by atoms with E-state index in [2.05, 4.69) is 36.5 Å². The highest BCUT2D eigenvalue weighted by Gasteiger charge is 2.26. The summed E-state index contributed by atoms with van der Waals surface area (Å²) in [4.78, 5) is 48.9. The normalized spacial score (nSPS) is 12.0. The second-order valence-corrected chi connectivity index (χ2v) is 10.4. The number of carbonyl (C=O) groups excluding carboxylic acids is 3. The summed E-state index contributed by atoms with van der Waals surface area (Å²) in [5.74, 6) is -1.69. The first-order chi connectivity index (χ1) is 20.0. The van der Waals surface area contributed by atoms with E-state index in [1.165, 1.54) is 12.1 Å². The second kappa shape index (κ2) is 17.5. The molecule has 2 aromatic rings. The molecular formula is C28H40BrN9O4. The van der Waals surface area contributed by atoms with E-state index >= 15 is 0 Å². The van der Waals surface area contributed by atoms with Gasteiger partial charge in [-0.1, -0.05) is 40.2 Å². The monoisotopic (exact) mass is 645 g/mol. The van der Waals surface area contributed by atoms with Crippen LogP contribution in [0.3, 0.4) is 0 Å². The molecule has 2 atom stereocenters. The molecule has 0 heterocycles. The van der Waals surface area contributed by atoms with Crippen molar-refractivity contribution in [1.82, 2.24) is 15.5 Å².